The highest BCUT2D eigenvalue weighted by atomic mass is 16.4. The van der Waals surface area contributed by atoms with E-state index in [4.69, 9.17) is 0 Å². The fraction of sp³-hybridized carbons (Fsp3) is 0.786. The summed E-state index contributed by atoms with van der Waals surface area (Å²) in [5.74, 6) is -1.41. The molecule has 0 spiro atoms. The van der Waals surface area contributed by atoms with Crippen molar-refractivity contribution >= 4 is 17.9 Å². The van der Waals surface area contributed by atoms with Gasteiger partial charge in [-0.2, -0.15) is 0 Å². The van der Waals surface area contributed by atoms with Crippen LogP contribution in [0.1, 0.15) is 32.6 Å². The van der Waals surface area contributed by atoms with Crippen molar-refractivity contribution in [2.45, 2.75) is 38.6 Å². The molecular formula is C14H25N3O4. The molecule has 1 rings (SSSR count). The van der Waals surface area contributed by atoms with E-state index in [-0.39, 0.29) is 17.7 Å². The number of carboxylic acid groups (broad SMARTS) is 1. The van der Waals surface area contributed by atoms with Crippen molar-refractivity contribution in [2.75, 3.05) is 20.6 Å². The molecule has 0 aromatic rings. The Balaban J connectivity index is 2.41. The van der Waals surface area contributed by atoms with Crippen LogP contribution in [0.4, 0.5) is 4.79 Å². The highest BCUT2D eigenvalue weighted by molar-refractivity contribution is 5.86. The Hall–Kier alpha value is -1.79. The van der Waals surface area contributed by atoms with Gasteiger partial charge in [-0.25, -0.2) is 4.79 Å². The highest BCUT2D eigenvalue weighted by Gasteiger charge is 2.31. The Bertz CT molecular complexity index is 398. The molecule has 3 amide bonds. The van der Waals surface area contributed by atoms with Gasteiger partial charge >= 0.3 is 12.0 Å². The number of carboxylic acids is 1. The Kier molecular flexibility index (Phi) is 6.45. The molecule has 1 aliphatic rings. The van der Waals surface area contributed by atoms with Crippen LogP contribution in [0.3, 0.4) is 0 Å². The predicted molar refractivity (Wildman–Crippen MR) is 77.8 cm³/mol. The Morgan fingerprint density at radius 3 is 2.43 bits per heavy atom. The zero-order valence-electron chi connectivity index (χ0n) is 12.9. The monoisotopic (exact) mass is 299 g/mol. The van der Waals surface area contributed by atoms with Gasteiger partial charge in [-0.3, -0.25) is 9.59 Å². The van der Waals surface area contributed by atoms with E-state index >= 15 is 0 Å². The summed E-state index contributed by atoms with van der Waals surface area (Å²) < 4.78 is 0. The van der Waals surface area contributed by atoms with Gasteiger partial charge in [-0.15, -0.1) is 0 Å². The Labute approximate surface area is 125 Å². The number of carbonyl (C=O) groups excluding carboxylic acids is 2. The Morgan fingerprint density at radius 2 is 1.86 bits per heavy atom. The van der Waals surface area contributed by atoms with Crippen molar-refractivity contribution in [2.24, 2.45) is 11.8 Å². The van der Waals surface area contributed by atoms with Crippen LogP contribution in [0.5, 0.6) is 0 Å². The summed E-state index contributed by atoms with van der Waals surface area (Å²) >= 11 is 0. The third-order valence-corrected chi connectivity index (χ3v) is 3.91. The first kappa shape index (κ1) is 17.3. The summed E-state index contributed by atoms with van der Waals surface area (Å²) in [5, 5.41) is 14.4. The summed E-state index contributed by atoms with van der Waals surface area (Å²) in [6, 6.07) is -1.05. The minimum Gasteiger partial charge on any atom is -0.481 e. The standard InChI is InChI=1S/C14H25N3O4/c1-9(12(18)17(2)3)16-14(21)15-8-10-6-4-5-7-11(10)13(19)20/h9-11H,4-8H2,1-3H3,(H,19,20)(H2,15,16,21). The molecule has 21 heavy (non-hydrogen) atoms. The van der Waals surface area contributed by atoms with Gasteiger partial charge in [0, 0.05) is 20.6 Å². The van der Waals surface area contributed by atoms with E-state index in [2.05, 4.69) is 10.6 Å². The number of rotatable bonds is 5. The average molecular weight is 299 g/mol. The number of likely N-dealkylation sites (N-methyl/N-ethyl adjacent to an activating group) is 1. The number of nitrogens with zero attached hydrogens (tertiary/aromatic N) is 1. The quantitative estimate of drug-likeness (QED) is 0.694. The minimum atomic E-state index is -0.793. The van der Waals surface area contributed by atoms with Crippen LogP contribution < -0.4 is 10.6 Å². The number of hydrogen-bond acceptors (Lipinski definition) is 3. The molecule has 7 heteroatoms. The number of urea groups is 1. The van der Waals surface area contributed by atoms with Crippen molar-refractivity contribution in [1.82, 2.24) is 15.5 Å². The predicted octanol–water partition coefficient (Wildman–Crippen LogP) is 0.653. The van der Waals surface area contributed by atoms with E-state index in [9.17, 15) is 19.5 Å². The minimum absolute atomic E-state index is 0.0399. The largest absolute Gasteiger partial charge is 0.481 e. The lowest BCUT2D eigenvalue weighted by Gasteiger charge is -2.28. The SMILES string of the molecule is CC(NC(=O)NCC1CCCCC1C(=O)O)C(=O)N(C)C. The number of carbonyl (C=O) groups is 3. The molecule has 3 atom stereocenters. The van der Waals surface area contributed by atoms with Crippen LogP contribution in [0.2, 0.25) is 0 Å². The molecule has 0 radical (unpaired) electrons. The third kappa shape index (κ3) is 5.24. The fourth-order valence-corrected chi connectivity index (χ4v) is 2.70. The van der Waals surface area contributed by atoms with E-state index in [1.165, 1.54) is 4.90 Å². The first-order valence-corrected chi connectivity index (χ1v) is 7.31. The number of aliphatic carboxylic acids is 1. The number of nitrogens with one attached hydrogen (secondary N) is 2. The molecule has 120 valence electrons. The molecule has 0 heterocycles. The number of amides is 3. The first-order valence-electron chi connectivity index (χ1n) is 7.31. The second-order valence-electron chi connectivity index (χ2n) is 5.80. The van der Waals surface area contributed by atoms with E-state index in [1.807, 2.05) is 0 Å². The molecule has 3 unspecified atom stereocenters. The maximum absolute atomic E-state index is 11.8. The maximum atomic E-state index is 11.8. The molecule has 7 nitrogen and oxygen atoms in total. The second-order valence-corrected chi connectivity index (χ2v) is 5.80. The lowest BCUT2D eigenvalue weighted by Crippen LogP contribution is -2.49. The molecule has 3 N–H and O–H groups in total. The van der Waals surface area contributed by atoms with E-state index in [0.29, 0.717) is 13.0 Å². The van der Waals surface area contributed by atoms with E-state index < -0.39 is 18.0 Å². The summed E-state index contributed by atoms with van der Waals surface area (Å²) in [7, 11) is 3.25. The lowest BCUT2D eigenvalue weighted by molar-refractivity contribution is -0.144. The van der Waals surface area contributed by atoms with Crippen LogP contribution in [0.15, 0.2) is 0 Å². The average Bonchev–Trinajstić information content (AvgIpc) is 2.44. The fourth-order valence-electron chi connectivity index (χ4n) is 2.70. The summed E-state index contributed by atoms with van der Waals surface area (Å²) in [6.45, 7) is 1.94. The van der Waals surface area contributed by atoms with Crippen LogP contribution >= 0.6 is 0 Å². The first-order chi connectivity index (χ1) is 9.82. The van der Waals surface area contributed by atoms with Crippen LogP contribution in [0.25, 0.3) is 0 Å². The second kappa shape index (κ2) is 7.85. The zero-order valence-corrected chi connectivity index (χ0v) is 12.9. The summed E-state index contributed by atoms with van der Waals surface area (Å²) in [4.78, 5) is 36.0. The smallest absolute Gasteiger partial charge is 0.315 e. The maximum Gasteiger partial charge on any atom is 0.315 e. The van der Waals surface area contributed by atoms with Gasteiger partial charge in [0.25, 0.3) is 0 Å². The van der Waals surface area contributed by atoms with Gasteiger partial charge in [0.05, 0.1) is 5.92 Å². The third-order valence-electron chi connectivity index (χ3n) is 3.91. The molecule has 1 fully saturated rings. The molecule has 0 aromatic carbocycles. The van der Waals surface area contributed by atoms with E-state index in [1.54, 1.807) is 21.0 Å². The van der Waals surface area contributed by atoms with Crippen molar-refractivity contribution < 1.29 is 19.5 Å². The molecule has 0 aliphatic heterocycles. The van der Waals surface area contributed by atoms with Crippen LogP contribution in [0, 0.1) is 11.8 Å². The van der Waals surface area contributed by atoms with E-state index in [0.717, 1.165) is 19.3 Å². The summed E-state index contributed by atoms with van der Waals surface area (Å²) in [6.07, 6.45) is 3.39. The van der Waals surface area contributed by atoms with Gasteiger partial charge in [0.1, 0.15) is 6.04 Å². The molecule has 0 aromatic heterocycles. The molecule has 1 saturated carbocycles. The topological polar surface area (TPSA) is 98.7 Å². The summed E-state index contributed by atoms with van der Waals surface area (Å²) in [5.41, 5.74) is 0. The molecule has 0 bridgehead atoms. The van der Waals surface area contributed by atoms with Crippen molar-refractivity contribution in [1.29, 1.82) is 0 Å². The van der Waals surface area contributed by atoms with Gasteiger partial charge in [0.15, 0.2) is 0 Å². The zero-order chi connectivity index (χ0) is 16.0. The van der Waals surface area contributed by atoms with Gasteiger partial charge in [-0.05, 0) is 25.7 Å². The van der Waals surface area contributed by atoms with Crippen LogP contribution in [-0.2, 0) is 9.59 Å². The molecule has 0 saturated heterocycles. The van der Waals surface area contributed by atoms with Crippen molar-refractivity contribution in [3.63, 3.8) is 0 Å². The van der Waals surface area contributed by atoms with Crippen molar-refractivity contribution in [3.8, 4) is 0 Å². The van der Waals surface area contributed by atoms with Crippen molar-refractivity contribution in [3.05, 3.63) is 0 Å². The molecular weight excluding hydrogens is 274 g/mol. The highest BCUT2D eigenvalue weighted by Crippen LogP contribution is 2.29. The normalized spacial score (nSPS) is 23.0. The lowest BCUT2D eigenvalue weighted by atomic mass is 9.79. The molecule has 1 aliphatic carbocycles. The van der Waals surface area contributed by atoms with Gasteiger partial charge in [0.2, 0.25) is 5.91 Å². The Morgan fingerprint density at radius 1 is 1.24 bits per heavy atom. The van der Waals surface area contributed by atoms with Gasteiger partial charge < -0.3 is 20.6 Å². The van der Waals surface area contributed by atoms with Gasteiger partial charge in [-0.1, -0.05) is 12.8 Å². The van der Waals surface area contributed by atoms with Crippen LogP contribution in [-0.4, -0.2) is 54.6 Å². The number of hydrogen-bond donors (Lipinski definition) is 3.